The van der Waals surface area contributed by atoms with Crippen molar-refractivity contribution >= 4 is 22.9 Å². The van der Waals surface area contributed by atoms with Crippen LogP contribution in [0.4, 0.5) is 5.69 Å². The van der Waals surface area contributed by atoms with Crippen LogP contribution in [0.1, 0.15) is 27.5 Å². The van der Waals surface area contributed by atoms with Gasteiger partial charge in [0.05, 0.1) is 17.1 Å². The molecule has 0 saturated carbocycles. The summed E-state index contributed by atoms with van der Waals surface area (Å²) in [5.41, 5.74) is 4.95. The summed E-state index contributed by atoms with van der Waals surface area (Å²) >= 11 is 1.60. The van der Waals surface area contributed by atoms with Crippen LogP contribution < -0.4 is 5.32 Å². The molecule has 0 saturated heterocycles. The lowest BCUT2D eigenvalue weighted by atomic mass is 10.1. The van der Waals surface area contributed by atoms with Crippen molar-refractivity contribution in [3.8, 4) is 0 Å². The molecule has 0 bridgehead atoms. The summed E-state index contributed by atoms with van der Waals surface area (Å²) < 4.78 is 0. The van der Waals surface area contributed by atoms with E-state index in [0.29, 0.717) is 6.42 Å². The van der Waals surface area contributed by atoms with Crippen LogP contribution in [-0.4, -0.2) is 15.9 Å². The van der Waals surface area contributed by atoms with Gasteiger partial charge in [-0.3, -0.25) is 9.78 Å². The Hall–Kier alpha value is -2.53. The average Bonchev–Trinajstić information content (AvgIpc) is 3.04. The molecule has 1 aromatic carbocycles. The molecule has 0 aliphatic heterocycles. The lowest BCUT2D eigenvalue weighted by molar-refractivity contribution is -0.115. The van der Waals surface area contributed by atoms with Crippen molar-refractivity contribution in [3.05, 3.63) is 75.5 Å². The molecular formula is C20H21N3OS. The highest BCUT2D eigenvalue weighted by molar-refractivity contribution is 7.09. The Morgan fingerprint density at radius 3 is 2.80 bits per heavy atom. The number of aromatic nitrogens is 2. The van der Waals surface area contributed by atoms with Gasteiger partial charge in [-0.15, -0.1) is 11.3 Å². The number of nitrogens with zero attached hydrogens (tertiary/aromatic N) is 2. The number of anilines is 1. The molecule has 0 spiro atoms. The molecule has 128 valence electrons. The molecule has 0 radical (unpaired) electrons. The van der Waals surface area contributed by atoms with Gasteiger partial charge in [-0.05, 0) is 49.6 Å². The van der Waals surface area contributed by atoms with E-state index in [-0.39, 0.29) is 5.91 Å². The lowest BCUT2D eigenvalue weighted by Crippen LogP contribution is -2.15. The summed E-state index contributed by atoms with van der Waals surface area (Å²) in [5, 5.41) is 5.99. The van der Waals surface area contributed by atoms with Gasteiger partial charge in [0.25, 0.3) is 0 Å². The summed E-state index contributed by atoms with van der Waals surface area (Å²) in [4.78, 5) is 21.2. The first-order chi connectivity index (χ1) is 12.1. The van der Waals surface area contributed by atoms with E-state index in [4.69, 9.17) is 0 Å². The molecular weight excluding hydrogens is 330 g/mol. The van der Waals surface area contributed by atoms with Gasteiger partial charge in [0, 0.05) is 29.4 Å². The normalized spacial score (nSPS) is 10.6. The second-order valence-electron chi connectivity index (χ2n) is 6.10. The maximum Gasteiger partial charge on any atom is 0.230 e. The van der Waals surface area contributed by atoms with Gasteiger partial charge in [-0.25, -0.2) is 4.98 Å². The largest absolute Gasteiger partial charge is 0.325 e. The van der Waals surface area contributed by atoms with Crippen LogP contribution in [0.5, 0.6) is 0 Å². The van der Waals surface area contributed by atoms with Gasteiger partial charge in [0.2, 0.25) is 5.91 Å². The van der Waals surface area contributed by atoms with Crippen molar-refractivity contribution in [3.63, 3.8) is 0 Å². The van der Waals surface area contributed by atoms with Crippen LogP contribution in [0, 0.1) is 13.8 Å². The van der Waals surface area contributed by atoms with Crippen LogP contribution in [0.3, 0.4) is 0 Å². The zero-order valence-corrected chi connectivity index (χ0v) is 15.3. The molecule has 1 N–H and O–H groups in total. The molecule has 2 aromatic heterocycles. The Morgan fingerprint density at radius 2 is 2.00 bits per heavy atom. The number of hydrogen-bond acceptors (Lipinski definition) is 4. The molecule has 4 nitrogen and oxygen atoms in total. The van der Waals surface area contributed by atoms with Gasteiger partial charge in [0.1, 0.15) is 0 Å². The van der Waals surface area contributed by atoms with Gasteiger partial charge < -0.3 is 5.32 Å². The molecule has 2 heterocycles. The van der Waals surface area contributed by atoms with Crippen LogP contribution in [0.15, 0.2) is 48.0 Å². The fourth-order valence-electron chi connectivity index (χ4n) is 2.56. The van der Waals surface area contributed by atoms with E-state index < -0.39 is 0 Å². The van der Waals surface area contributed by atoms with Crippen molar-refractivity contribution in [2.75, 3.05) is 5.32 Å². The Morgan fingerprint density at radius 1 is 1.12 bits per heavy atom. The third kappa shape index (κ3) is 4.97. The zero-order chi connectivity index (χ0) is 17.6. The van der Waals surface area contributed by atoms with E-state index in [2.05, 4.69) is 15.3 Å². The Balaban J connectivity index is 1.55. The molecule has 0 atom stereocenters. The third-order valence-electron chi connectivity index (χ3n) is 3.93. The molecule has 0 aliphatic rings. The summed E-state index contributed by atoms with van der Waals surface area (Å²) in [6.45, 7) is 4.01. The lowest BCUT2D eigenvalue weighted by Gasteiger charge is -2.08. The number of pyridine rings is 1. The predicted octanol–water partition coefficient (Wildman–Crippen LogP) is 4.12. The number of carbonyl (C=O) groups excluding carboxylic acids is 1. The van der Waals surface area contributed by atoms with Crippen molar-refractivity contribution in [1.82, 2.24) is 9.97 Å². The zero-order valence-electron chi connectivity index (χ0n) is 14.5. The van der Waals surface area contributed by atoms with Gasteiger partial charge in [-0.1, -0.05) is 18.2 Å². The highest BCUT2D eigenvalue weighted by atomic mass is 32.1. The Bertz CT molecular complexity index is 858. The number of thiazole rings is 1. The fraction of sp³-hybridized carbons (Fsp3) is 0.250. The number of hydrogen-bond donors (Lipinski definition) is 1. The second kappa shape index (κ2) is 8.03. The fourth-order valence-corrected chi connectivity index (χ4v) is 3.35. The molecule has 5 heteroatoms. The maximum absolute atomic E-state index is 12.3. The Labute approximate surface area is 152 Å². The quantitative estimate of drug-likeness (QED) is 0.727. The molecule has 3 rings (SSSR count). The minimum absolute atomic E-state index is 0.0322. The van der Waals surface area contributed by atoms with Gasteiger partial charge >= 0.3 is 0 Å². The highest BCUT2D eigenvalue weighted by Crippen LogP contribution is 2.17. The molecule has 0 unspecified atom stereocenters. The number of aryl methyl sites for hydroxylation is 4. The monoisotopic (exact) mass is 351 g/mol. The summed E-state index contributed by atoms with van der Waals surface area (Å²) in [6.07, 6.45) is 3.82. The van der Waals surface area contributed by atoms with Crippen molar-refractivity contribution in [1.29, 1.82) is 0 Å². The molecule has 0 fully saturated rings. The number of amides is 1. The highest BCUT2D eigenvalue weighted by Gasteiger charge is 2.10. The van der Waals surface area contributed by atoms with Crippen molar-refractivity contribution in [2.24, 2.45) is 0 Å². The van der Waals surface area contributed by atoms with Crippen molar-refractivity contribution in [2.45, 2.75) is 33.1 Å². The first kappa shape index (κ1) is 17.3. The van der Waals surface area contributed by atoms with E-state index >= 15 is 0 Å². The maximum atomic E-state index is 12.3. The number of nitrogens with one attached hydrogen (secondary N) is 1. The third-order valence-corrected chi connectivity index (χ3v) is 4.89. The van der Waals surface area contributed by atoms with E-state index in [1.165, 1.54) is 0 Å². The van der Waals surface area contributed by atoms with Gasteiger partial charge in [0.15, 0.2) is 0 Å². The van der Waals surface area contributed by atoms with Crippen LogP contribution in [-0.2, 0) is 24.1 Å². The first-order valence-corrected chi connectivity index (χ1v) is 9.18. The van der Waals surface area contributed by atoms with Crippen LogP contribution >= 0.6 is 11.3 Å². The summed E-state index contributed by atoms with van der Waals surface area (Å²) in [7, 11) is 0. The summed E-state index contributed by atoms with van der Waals surface area (Å²) in [5.74, 6) is -0.0322. The van der Waals surface area contributed by atoms with Crippen LogP contribution in [0.2, 0.25) is 0 Å². The minimum Gasteiger partial charge on any atom is -0.325 e. The molecule has 25 heavy (non-hydrogen) atoms. The van der Waals surface area contributed by atoms with Crippen molar-refractivity contribution < 1.29 is 4.79 Å². The van der Waals surface area contributed by atoms with Crippen LogP contribution in [0.25, 0.3) is 0 Å². The first-order valence-electron chi connectivity index (χ1n) is 8.30. The predicted molar refractivity (Wildman–Crippen MR) is 102 cm³/mol. The second-order valence-corrected chi connectivity index (χ2v) is 7.04. The van der Waals surface area contributed by atoms with E-state index in [9.17, 15) is 4.79 Å². The number of carbonyl (C=O) groups is 1. The Kier molecular flexibility index (Phi) is 5.56. The van der Waals surface area contributed by atoms with Gasteiger partial charge in [-0.2, -0.15) is 0 Å². The topological polar surface area (TPSA) is 54.9 Å². The smallest absolute Gasteiger partial charge is 0.230 e. The molecule has 1 amide bonds. The number of benzene rings is 1. The summed E-state index contributed by atoms with van der Waals surface area (Å²) in [6, 6.07) is 12.0. The SMILES string of the molecule is Cc1ccc(C)c(NC(=O)Cc2csc(CCc3ccccn3)n2)c1. The van der Waals surface area contributed by atoms with E-state index in [0.717, 1.165) is 46.1 Å². The van der Waals surface area contributed by atoms with E-state index in [1.54, 1.807) is 17.5 Å². The molecule has 3 aromatic rings. The van der Waals surface area contributed by atoms with E-state index in [1.807, 2.05) is 55.6 Å². The average molecular weight is 351 g/mol. The standard InChI is InChI=1S/C20H21N3OS/c1-14-6-7-15(2)18(11-14)23-19(24)12-17-13-25-20(22-17)9-8-16-5-3-4-10-21-16/h3-7,10-11,13H,8-9,12H2,1-2H3,(H,23,24). The molecule has 0 aliphatic carbocycles. The minimum atomic E-state index is -0.0322. The number of rotatable bonds is 6.